The maximum absolute atomic E-state index is 12.3. The van der Waals surface area contributed by atoms with Crippen molar-refractivity contribution < 1.29 is 9.21 Å². The van der Waals surface area contributed by atoms with Gasteiger partial charge in [0.15, 0.2) is 11.7 Å². The van der Waals surface area contributed by atoms with E-state index < -0.39 is 0 Å². The van der Waals surface area contributed by atoms with Crippen LogP contribution in [0.25, 0.3) is 11.3 Å². The van der Waals surface area contributed by atoms with Gasteiger partial charge in [0, 0.05) is 47.1 Å². The van der Waals surface area contributed by atoms with Gasteiger partial charge in [-0.05, 0) is 66.9 Å². The van der Waals surface area contributed by atoms with Gasteiger partial charge in [-0.1, -0.05) is 18.2 Å². The van der Waals surface area contributed by atoms with Gasteiger partial charge in [0.2, 0.25) is 5.91 Å². The van der Waals surface area contributed by atoms with E-state index in [1.807, 2.05) is 42.6 Å². The third kappa shape index (κ3) is 5.86. The molecule has 5 nitrogen and oxygen atoms in total. The Hall–Kier alpha value is -3.38. The molecule has 6 heteroatoms. The molecule has 0 unspecified atom stereocenters. The smallest absolute Gasteiger partial charge is 0.224 e. The number of thioether (sulfide) groups is 1. The van der Waals surface area contributed by atoms with Crippen LogP contribution in [0, 0.1) is 13.8 Å². The first kappa shape index (κ1) is 21.8. The number of rotatable bonds is 8. The van der Waals surface area contributed by atoms with E-state index in [-0.39, 0.29) is 5.91 Å². The summed E-state index contributed by atoms with van der Waals surface area (Å²) in [4.78, 5) is 22.0. The van der Waals surface area contributed by atoms with Crippen LogP contribution in [0.5, 0.6) is 0 Å². The molecule has 0 atom stereocenters. The van der Waals surface area contributed by atoms with Gasteiger partial charge in [-0.25, -0.2) is 4.98 Å². The highest BCUT2D eigenvalue weighted by molar-refractivity contribution is 7.98. The van der Waals surface area contributed by atoms with Crippen molar-refractivity contribution in [3.8, 4) is 11.3 Å². The predicted molar refractivity (Wildman–Crippen MR) is 129 cm³/mol. The van der Waals surface area contributed by atoms with Crippen molar-refractivity contribution in [3.63, 3.8) is 0 Å². The van der Waals surface area contributed by atoms with Crippen LogP contribution < -0.4 is 5.32 Å². The van der Waals surface area contributed by atoms with Gasteiger partial charge in [0.1, 0.15) is 0 Å². The largest absolute Gasteiger partial charge is 0.441 e. The monoisotopic (exact) mass is 443 g/mol. The van der Waals surface area contributed by atoms with E-state index >= 15 is 0 Å². The van der Waals surface area contributed by atoms with Gasteiger partial charge in [0.25, 0.3) is 0 Å². The number of nitrogens with one attached hydrogen (secondary N) is 1. The van der Waals surface area contributed by atoms with Crippen molar-refractivity contribution >= 4 is 23.4 Å². The minimum Gasteiger partial charge on any atom is -0.441 e. The molecule has 0 aliphatic carbocycles. The summed E-state index contributed by atoms with van der Waals surface area (Å²) in [5, 5.41) is 2.94. The van der Waals surface area contributed by atoms with Gasteiger partial charge in [0.05, 0.1) is 6.20 Å². The minimum absolute atomic E-state index is 0.0632. The number of hydrogen-bond donors (Lipinski definition) is 1. The number of aryl methyl sites for hydroxylation is 3. The molecule has 2 aromatic carbocycles. The van der Waals surface area contributed by atoms with Crippen LogP contribution in [0.2, 0.25) is 0 Å². The summed E-state index contributed by atoms with van der Waals surface area (Å²) < 4.78 is 5.85. The molecule has 4 rings (SSSR count). The SMILES string of the molecule is Cc1ccc(-c2cnc(CCC(=O)Nc3ccc(SCc4cccnc4)cc3)o2)cc1C. The number of anilines is 1. The van der Waals surface area contributed by atoms with Gasteiger partial charge >= 0.3 is 0 Å². The molecule has 0 radical (unpaired) electrons. The fraction of sp³-hybridized carbons (Fsp3) is 0.192. The molecule has 0 saturated carbocycles. The fourth-order valence-electron chi connectivity index (χ4n) is 3.18. The molecule has 162 valence electrons. The molecule has 0 fully saturated rings. The molecule has 0 aliphatic heterocycles. The van der Waals surface area contributed by atoms with Crippen LogP contribution in [0.4, 0.5) is 5.69 Å². The molecule has 0 bridgehead atoms. The Balaban J connectivity index is 1.26. The summed E-state index contributed by atoms with van der Waals surface area (Å²) in [5.41, 5.74) is 5.41. The average Bonchev–Trinajstić information content (AvgIpc) is 3.29. The number of nitrogens with zero attached hydrogens (tertiary/aromatic N) is 2. The normalized spacial score (nSPS) is 10.8. The van der Waals surface area contributed by atoms with Gasteiger partial charge < -0.3 is 9.73 Å². The quantitative estimate of drug-likeness (QED) is 0.328. The fourth-order valence-corrected chi connectivity index (χ4v) is 4.02. The zero-order valence-corrected chi connectivity index (χ0v) is 19.0. The van der Waals surface area contributed by atoms with Crippen molar-refractivity contribution in [3.05, 3.63) is 95.8 Å². The number of amides is 1. The Labute approximate surface area is 192 Å². The number of oxazole rings is 1. The number of hydrogen-bond acceptors (Lipinski definition) is 5. The van der Waals surface area contributed by atoms with Crippen LogP contribution in [0.15, 0.2) is 82.5 Å². The lowest BCUT2D eigenvalue weighted by atomic mass is 10.1. The number of pyridine rings is 1. The zero-order chi connectivity index (χ0) is 22.3. The van der Waals surface area contributed by atoms with Crippen LogP contribution in [-0.2, 0) is 17.0 Å². The Morgan fingerprint density at radius 1 is 1.03 bits per heavy atom. The molecule has 0 spiro atoms. The van der Waals surface area contributed by atoms with Gasteiger partial charge in [-0.2, -0.15) is 0 Å². The van der Waals surface area contributed by atoms with E-state index in [1.165, 1.54) is 16.7 Å². The van der Waals surface area contributed by atoms with Crippen molar-refractivity contribution in [1.82, 2.24) is 9.97 Å². The number of benzene rings is 2. The highest BCUT2D eigenvalue weighted by Crippen LogP contribution is 2.25. The molecule has 2 heterocycles. The second kappa shape index (κ2) is 10.3. The highest BCUT2D eigenvalue weighted by atomic mass is 32.2. The molecular formula is C26H25N3O2S. The Morgan fingerprint density at radius 3 is 2.62 bits per heavy atom. The average molecular weight is 444 g/mol. The maximum Gasteiger partial charge on any atom is 0.224 e. The standard InChI is InChI=1S/C26H25N3O2S/c1-18-5-6-21(14-19(18)2)24-16-28-26(31-24)12-11-25(30)29-22-7-9-23(10-8-22)32-17-20-4-3-13-27-15-20/h3-10,13-16H,11-12,17H2,1-2H3,(H,29,30). The molecule has 0 saturated heterocycles. The Kier molecular flexibility index (Phi) is 7.02. The van der Waals surface area contributed by atoms with E-state index in [4.69, 9.17) is 4.42 Å². The van der Waals surface area contributed by atoms with E-state index in [2.05, 4.69) is 47.3 Å². The lowest BCUT2D eigenvalue weighted by Gasteiger charge is -2.06. The Bertz CT molecular complexity index is 1190. The van der Waals surface area contributed by atoms with Crippen molar-refractivity contribution in [2.75, 3.05) is 5.32 Å². The summed E-state index contributed by atoms with van der Waals surface area (Å²) >= 11 is 1.74. The molecule has 1 N–H and O–H groups in total. The summed E-state index contributed by atoms with van der Waals surface area (Å²) in [7, 11) is 0. The van der Waals surface area contributed by atoms with E-state index in [1.54, 1.807) is 24.2 Å². The van der Waals surface area contributed by atoms with Crippen molar-refractivity contribution in [2.24, 2.45) is 0 Å². The zero-order valence-electron chi connectivity index (χ0n) is 18.2. The van der Waals surface area contributed by atoms with Gasteiger partial charge in [-0.15, -0.1) is 11.8 Å². The molecule has 0 aliphatic rings. The third-order valence-corrected chi connectivity index (χ3v) is 6.26. The molecule has 1 amide bonds. The number of carbonyl (C=O) groups is 1. The van der Waals surface area contributed by atoms with Crippen LogP contribution in [0.1, 0.15) is 29.0 Å². The third-order valence-electron chi connectivity index (χ3n) is 5.18. The first-order chi connectivity index (χ1) is 15.6. The molecule has 32 heavy (non-hydrogen) atoms. The van der Waals surface area contributed by atoms with Crippen LogP contribution in [0.3, 0.4) is 0 Å². The second-order valence-corrected chi connectivity index (χ2v) is 8.69. The molecule has 2 aromatic heterocycles. The van der Waals surface area contributed by atoms with Crippen molar-refractivity contribution in [1.29, 1.82) is 0 Å². The van der Waals surface area contributed by atoms with Crippen LogP contribution >= 0.6 is 11.8 Å². The topological polar surface area (TPSA) is 68.0 Å². The summed E-state index contributed by atoms with van der Waals surface area (Å²) in [6.07, 6.45) is 6.14. The molecule has 4 aromatic rings. The summed E-state index contributed by atoms with van der Waals surface area (Å²) in [6, 6.07) is 18.1. The summed E-state index contributed by atoms with van der Waals surface area (Å²) in [6.45, 7) is 4.16. The Morgan fingerprint density at radius 2 is 1.88 bits per heavy atom. The molecular weight excluding hydrogens is 418 g/mol. The lowest BCUT2D eigenvalue weighted by molar-refractivity contribution is -0.116. The first-order valence-corrected chi connectivity index (χ1v) is 11.5. The number of carbonyl (C=O) groups excluding carboxylic acids is 1. The van der Waals surface area contributed by atoms with E-state index in [9.17, 15) is 4.79 Å². The predicted octanol–water partition coefficient (Wildman–Crippen LogP) is 6.22. The second-order valence-electron chi connectivity index (χ2n) is 7.64. The van der Waals surface area contributed by atoms with E-state index in [0.717, 1.165) is 27.7 Å². The van der Waals surface area contributed by atoms with Gasteiger partial charge in [-0.3, -0.25) is 9.78 Å². The number of aromatic nitrogens is 2. The minimum atomic E-state index is -0.0632. The summed E-state index contributed by atoms with van der Waals surface area (Å²) in [5.74, 6) is 2.09. The van der Waals surface area contributed by atoms with Crippen LogP contribution in [-0.4, -0.2) is 15.9 Å². The lowest BCUT2D eigenvalue weighted by Crippen LogP contribution is -2.12. The highest BCUT2D eigenvalue weighted by Gasteiger charge is 2.10. The maximum atomic E-state index is 12.3. The first-order valence-electron chi connectivity index (χ1n) is 10.5. The van der Waals surface area contributed by atoms with E-state index in [0.29, 0.717) is 18.7 Å². The van der Waals surface area contributed by atoms with Crippen molar-refractivity contribution in [2.45, 2.75) is 37.3 Å².